The number of aromatic nitrogens is 3. The standard InChI is InChI=1S/C18H19N5S/c1-13-2-4-14(5-3-13)16-10-17(23-8-6-19-7-9-23)22-18(21-16)15-11-20-24-12-15/h2-5,10-12,19H,6-9H2,1H3. The Labute approximate surface area is 145 Å². The summed E-state index contributed by atoms with van der Waals surface area (Å²) in [5.74, 6) is 1.73. The first-order valence-electron chi connectivity index (χ1n) is 8.11. The number of piperazine rings is 1. The molecule has 3 heterocycles. The molecule has 6 heteroatoms. The summed E-state index contributed by atoms with van der Waals surface area (Å²) in [5.41, 5.74) is 4.30. The lowest BCUT2D eigenvalue weighted by molar-refractivity contribution is 0.585. The van der Waals surface area contributed by atoms with Crippen LogP contribution in [0.3, 0.4) is 0 Å². The van der Waals surface area contributed by atoms with Crippen LogP contribution in [0.4, 0.5) is 5.82 Å². The summed E-state index contributed by atoms with van der Waals surface area (Å²) < 4.78 is 4.19. The van der Waals surface area contributed by atoms with E-state index in [4.69, 9.17) is 9.97 Å². The molecule has 0 aliphatic carbocycles. The van der Waals surface area contributed by atoms with Crippen LogP contribution in [-0.2, 0) is 0 Å². The van der Waals surface area contributed by atoms with E-state index in [1.54, 1.807) is 0 Å². The van der Waals surface area contributed by atoms with Crippen LogP contribution in [0.1, 0.15) is 5.56 Å². The second-order valence-electron chi connectivity index (χ2n) is 5.95. The van der Waals surface area contributed by atoms with Crippen LogP contribution in [0, 0.1) is 6.92 Å². The lowest BCUT2D eigenvalue weighted by atomic mass is 10.1. The van der Waals surface area contributed by atoms with Gasteiger partial charge < -0.3 is 10.2 Å². The highest BCUT2D eigenvalue weighted by Gasteiger charge is 2.16. The Bertz CT molecular complexity index is 808. The first-order chi connectivity index (χ1) is 11.8. The minimum absolute atomic E-state index is 0.746. The van der Waals surface area contributed by atoms with Crippen molar-refractivity contribution >= 4 is 17.4 Å². The summed E-state index contributed by atoms with van der Waals surface area (Å²) in [4.78, 5) is 11.9. The minimum atomic E-state index is 0.746. The minimum Gasteiger partial charge on any atom is -0.354 e. The maximum Gasteiger partial charge on any atom is 0.164 e. The fourth-order valence-corrected chi connectivity index (χ4v) is 3.32. The highest BCUT2D eigenvalue weighted by molar-refractivity contribution is 7.03. The van der Waals surface area contributed by atoms with Gasteiger partial charge in [0.2, 0.25) is 0 Å². The Balaban J connectivity index is 1.80. The van der Waals surface area contributed by atoms with Crippen LogP contribution in [0.15, 0.2) is 41.9 Å². The molecule has 122 valence electrons. The van der Waals surface area contributed by atoms with E-state index in [9.17, 15) is 0 Å². The number of benzene rings is 1. The molecule has 1 aliphatic rings. The zero-order valence-corrected chi connectivity index (χ0v) is 14.4. The molecule has 4 rings (SSSR count). The lowest BCUT2D eigenvalue weighted by Gasteiger charge is -2.28. The van der Waals surface area contributed by atoms with E-state index >= 15 is 0 Å². The molecule has 1 fully saturated rings. The average molecular weight is 337 g/mol. The van der Waals surface area contributed by atoms with E-state index in [1.165, 1.54) is 17.1 Å². The number of nitrogens with zero attached hydrogens (tertiary/aromatic N) is 4. The van der Waals surface area contributed by atoms with Crippen molar-refractivity contribution in [2.75, 3.05) is 31.1 Å². The summed E-state index contributed by atoms with van der Waals surface area (Å²) in [6.07, 6.45) is 1.83. The fraction of sp³-hybridized carbons (Fsp3) is 0.278. The first-order valence-corrected chi connectivity index (χ1v) is 8.95. The summed E-state index contributed by atoms with van der Waals surface area (Å²) in [7, 11) is 0. The summed E-state index contributed by atoms with van der Waals surface area (Å²) in [6.45, 7) is 5.99. The predicted octanol–water partition coefficient (Wildman–Crippen LogP) is 2.99. The largest absolute Gasteiger partial charge is 0.354 e. The molecule has 2 aromatic heterocycles. The Hall–Kier alpha value is -2.31. The number of nitrogens with one attached hydrogen (secondary N) is 1. The van der Waals surface area contributed by atoms with Gasteiger partial charge in [-0.3, -0.25) is 0 Å². The molecule has 1 saturated heterocycles. The van der Waals surface area contributed by atoms with Gasteiger partial charge in [0.1, 0.15) is 5.82 Å². The van der Waals surface area contributed by atoms with Gasteiger partial charge in [0.25, 0.3) is 0 Å². The number of anilines is 1. The third-order valence-electron chi connectivity index (χ3n) is 4.19. The Morgan fingerprint density at radius 3 is 2.54 bits per heavy atom. The molecule has 1 aliphatic heterocycles. The molecule has 0 radical (unpaired) electrons. The molecule has 3 aromatic rings. The van der Waals surface area contributed by atoms with Gasteiger partial charge in [-0.25, -0.2) is 14.3 Å². The molecule has 0 saturated carbocycles. The van der Waals surface area contributed by atoms with E-state index in [2.05, 4.69) is 51.8 Å². The fourth-order valence-electron chi connectivity index (χ4n) is 2.81. The first kappa shape index (κ1) is 15.2. The van der Waals surface area contributed by atoms with E-state index in [0.717, 1.165) is 54.6 Å². The van der Waals surface area contributed by atoms with Crippen LogP contribution < -0.4 is 10.2 Å². The highest BCUT2D eigenvalue weighted by atomic mass is 32.1. The molecule has 0 atom stereocenters. The van der Waals surface area contributed by atoms with Crippen molar-refractivity contribution in [3.63, 3.8) is 0 Å². The molecule has 5 nitrogen and oxygen atoms in total. The van der Waals surface area contributed by atoms with Crippen LogP contribution >= 0.6 is 11.5 Å². The van der Waals surface area contributed by atoms with Crippen molar-refractivity contribution in [1.82, 2.24) is 19.7 Å². The molecule has 1 aromatic carbocycles. The van der Waals surface area contributed by atoms with Gasteiger partial charge in [-0.2, -0.15) is 0 Å². The number of hydrogen-bond acceptors (Lipinski definition) is 6. The van der Waals surface area contributed by atoms with E-state index < -0.39 is 0 Å². The third kappa shape index (κ3) is 3.16. The molecule has 0 bridgehead atoms. The highest BCUT2D eigenvalue weighted by Crippen LogP contribution is 2.27. The quantitative estimate of drug-likeness (QED) is 0.796. The predicted molar refractivity (Wildman–Crippen MR) is 98.4 cm³/mol. The molecular weight excluding hydrogens is 318 g/mol. The molecule has 1 N–H and O–H groups in total. The van der Waals surface area contributed by atoms with Gasteiger partial charge in [0, 0.05) is 43.2 Å². The van der Waals surface area contributed by atoms with Gasteiger partial charge >= 0.3 is 0 Å². The van der Waals surface area contributed by atoms with Crippen molar-refractivity contribution in [1.29, 1.82) is 0 Å². The smallest absolute Gasteiger partial charge is 0.164 e. The number of rotatable bonds is 3. The Kier molecular flexibility index (Phi) is 4.23. The normalized spacial score (nSPS) is 14.8. The van der Waals surface area contributed by atoms with Crippen molar-refractivity contribution in [3.8, 4) is 22.6 Å². The van der Waals surface area contributed by atoms with Gasteiger partial charge in [-0.15, -0.1) is 0 Å². The Morgan fingerprint density at radius 1 is 1.04 bits per heavy atom. The van der Waals surface area contributed by atoms with Crippen molar-refractivity contribution < 1.29 is 0 Å². The monoisotopic (exact) mass is 337 g/mol. The molecule has 0 unspecified atom stereocenters. The van der Waals surface area contributed by atoms with Gasteiger partial charge in [0.05, 0.1) is 17.5 Å². The zero-order valence-electron chi connectivity index (χ0n) is 13.6. The second-order valence-corrected chi connectivity index (χ2v) is 6.61. The molecule has 0 amide bonds. The van der Waals surface area contributed by atoms with Crippen molar-refractivity contribution in [2.45, 2.75) is 6.92 Å². The molecule has 24 heavy (non-hydrogen) atoms. The summed E-state index contributed by atoms with van der Waals surface area (Å²) in [6, 6.07) is 10.6. The lowest BCUT2D eigenvalue weighted by Crippen LogP contribution is -2.44. The SMILES string of the molecule is Cc1ccc(-c2cc(N3CCNCC3)nc(-c3cnsc3)n2)cc1. The number of hydrogen-bond donors (Lipinski definition) is 1. The van der Waals surface area contributed by atoms with Gasteiger partial charge in [-0.1, -0.05) is 29.8 Å². The van der Waals surface area contributed by atoms with E-state index in [-0.39, 0.29) is 0 Å². The molecular formula is C18H19N5S. The van der Waals surface area contributed by atoms with Crippen LogP contribution in [0.5, 0.6) is 0 Å². The third-order valence-corrected chi connectivity index (χ3v) is 4.78. The second kappa shape index (κ2) is 6.67. The van der Waals surface area contributed by atoms with E-state index in [0.29, 0.717) is 0 Å². The van der Waals surface area contributed by atoms with Crippen molar-refractivity contribution in [2.24, 2.45) is 0 Å². The zero-order chi connectivity index (χ0) is 16.4. The maximum absolute atomic E-state index is 4.80. The maximum atomic E-state index is 4.80. The Morgan fingerprint density at radius 2 is 1.83 bits per heavy atom. The summed E-state index contributed by atoms with van der Waals surface area (Å²) in [5, 5.41) is 5.38. The average Bonchev–Trinajstić information content (AvgIpc) is 3.17. The molecule has 0 spiro atoms. The van der Waals surface area contributed by atoms with Gasteiger partial charge in [0.15, 0.2) is 5.82 Å². The number of aryl methyl sites for hydroxylation is 1. The van der Waals surface area contributed by atoms with Crippen LogP contribution in [-0.4, -0.2) is 40.5 Å². The topological polar surface area (TPSA) is 53.9 Å². The van der Waals surface area contributed by atoms with E-state index in [1.807, 2.05) is 11.6 Å². The van der Waals surface area contributed by atoms with Gasteiger partial charge in [-0.05, 0) is 18.5 Å². The summed E-state index contributed by atoms with van der Waals surface area (Å²) >= 11 is 1.43. The van der Waals surface area contributed by atoms with Crippen LogP contribution in [0.2, 0.25) is 0 Å². The van der Waals surface area contributed by atoms with Crippen LogP contribution in [0.25, 0.3) is 22.6 Å². The van der Waals surface area contributed by atoms with Crippen molar-refractivity contribution in [3.05, 3.63) is 47.5 Å².